The summed E-state index contributed by atoms with van der Waals surface area (Å²) in [7, 11) is 0. The molecule has 2 heterocycles. The molecule has 0 N–H and O–H groups in total. The van der Waals surface area contributed by atoms with Gasteiger partial charge in [0.2, 0.25) is 0 Å². The van der Waals surface area contributed by atoms with E-state index in [9.17, 15) is 0 Å². The summed E-state index contributed by atoms with van der Waals surface area (Å²) in [6.45, 7) is 14.2. The summed E-state index contributed by atoms with van der Waals surface area (Å²) in [5.74, 6) is 0.774. The van der Waals surface area contributed by atoms with Gasteiger partial charge in [-0.05, 0) is 117 Å². The van der Waals surface area contributed by atoms with Crippen LogP contribution in [-0.2, 0) is 0 Å². The molecule has 7 aromatic rings. The average Bonchev–Trinajstić information content (AvgIpc) is 3.83. The first-order valence-electron chi connectivity index (χ1n) is 18.7. The van der Waals surface area contributed by atoms with E-state index in [1.165, 1.54) is 5.57 Å². The minimum atomic E-state index is 0.774. The van der Waals surface area contributed by atoms with Crippen LogP contribution >= 0.6 is 0 Å². The third kappa shape index (κ3) is 5.96. The van der Waals surface area contributed by atoms with Crippen molar-refractivity contribution in [3.63, 3.8) is 0 Å². The van der Waals surface area contributed by atoms with Gasteiger partial charge < -0.3 is 8.83 Å². The van der Waals surface area contributed by atoms with E-state index in [0.29, 0.717) is 0 Å². The van der Waals surface area contributed by atoms with Crippen LogP contribution in [0.4, 0.5) is 0 Å². The second kappa shape index (κ2) is 14.1. The minimum Gasteiger partial charge on any atom is -0.456 e. The quantitative estimate of drug-likeness (QED) is 0.166. The zero-order chi connectivity index (χ0) is 36.6. The Labute approximate surface area is 315 Å². The van der Waals surface area contributed by atoms with Crippen LogP contribution in [0.2, 0.25) is 0 Å². The number of allylic oxidation sites excluding steroid dienone is 11. The number of fused-ring (bicyclic) bond motifs is 5. The highest BCUT2D eigenvalue weighted by Crippen LogP contribution is 2.41. The first-order valence-corrected chi connectivity index (χ1v) is 18.7. The van der Waals surface area contributed by atoms with Gasteiger partial charge in [0.25, 0.3) is 0 Å². The summed E-state index contributed by atoms with van der Waals surface area (Å²) < 4.78 is 12.9. The molecule has 0 atom stereocenters. The van der Waals surface area contributed by atoms with E-state index in [4.69, 9.17) is 22.0 Å². The molecule has 0 spiro atoms. The summed E-state index contributed by atoms with van der Waals surface area (Å²) in [4.78, 5) is 0. The standard InChI is InChI=1S/C52H40O2/c1-34(37-19-7-6-8-20-37)39-24-12-13-25-40(39)35(2)41-22-9-4-5-10-23-42(44-27-15-14-26-43(41)44)36(3)46-32-47-45-28-16-18-30-50(45)54-52(47)33-48(46)51-31-38-21-11-17-29-49(38)53-51/h6-7,9-19,21-33H,1-5,8,20H2/b22-9?,23-10+,43-41?,44-42+. The van der Waals surface area contributed by atoms with Gasteiger partial charge in [-0.1, -0.05) is 147 Å². The fourth-order valence-electron chi connectivity index (χ4n) is 7.92. The number of para-hydroxylation sites is 2. The summed E-state index contributed by atoms with van der Waals surface area (Å²) in [5, 5.41) is 5.35. The normalized spacial score (nSPS) is 16.0. The molecule has 2 heteroatoms. The fourth-order valence-corrected chi connectivity index (χ4v) is 7.92. The van der Waals surface area contributed by atoms with E-state index < -0.39 is 0 Å². The molecule has 2 aliphatic rings. The van der Waals surface area contributed by atoms with Gasteiger partial charge in [-0.2, -0.15) is 0 Å². The molecule has 2 aromatic heterocycles. The van der Waals surface area contributed by atoms with Gasteiger partial charge in [0, 0.05) is 21.7 Å². The van der Waals surface area contributed by atoms with Crippen LogP contribution in [-0.4, -0.2) is 0 Å². The van der Waals surface area contributed by atoms with Crippen molar-refractivity contribution in [3.05, 3.63) is 210 Å². The molecule has 2 nitrogen and oxygen atoms in total. The smallest absolute Gasteiger partial charge is 0.136 e. The third-order valence-electron chi connectivity index (χ3n) is 10.7. The molecule has 260 valence electrons. The second-order valence-electron chi connectivity index (χ2n) is 14.0. The highest BCUT2D eigenvalue weighted by atomic mass is 16.3. The number of furan rings is 2. The number of hydrogen-bond donors (Lipinski definition) is 0. The molecule has 54 heavy (non-hydrogen) atoms. The molecule has 0 amide bonds. The molecular weight excluding hydrogens is 657 g/mol. The van der Waals surface area contributed by atoms with Gasteiger partial charge in [-0.3, -0.25) is 0 Å². The molecule has 2 aliphatic carbocycles. The summed E-state index contributed by atoms with van der Waals surface area (Å²) in [5.41, 5.74) is 13.0. The van der Waals surface area contributed by atoms with E-state index >= 15 is 0 Å². The van der Waals surface area contributed by atoms with Gasteiger partial charge >= 0.3 is 0 Å². The lowest BCUT2D eigenvalue weighted by Gasteiger charge is -2.19. The lowest BCUT2D eigenvalue weighted by molar-refractivity contribution is 0.630. The number of benzene rings is 5. The Morgan fingerprint density at radius 2 is 1.13 bits per heavy atom. The van der Waals surface area contributed by atoms with E-state index in [2.05, 4.69) is 134 Å². The zero-order valence-corrected chi connectivity index (χ0v) is 30.3. The first-order chi connectivity index (χ1) is 26.5. The highest BCUT2D eigenvalue weighted by molar-refractivity contribution is 6.12. The molecule has 0 aliphatic heterocycles. The van der Waals surface area contributed by atoms with Crippen LogP contribution in [0.25, 0.3) is 72.1 Å². The number of rotatable bonds is 7. The van der Waals surface area contributed by atoms with Gasteiger partial charge in [0.1, 0.15) is 22.5 Å². The molecule has 9 rings (SSSR count). The molecule has 0 saturated heterocycles. The highest BCUT2D eigenvalue weighted by Gasteiger charge is 2.20. The zero-order valence-electron chi connectivity index (χ0n) is 30.3. The molecular formula is C52H40O2. The SMILES string of the molecule is C=C(C1=CC=CCC1)c1ccccc1C(=C)C1=c2cccc/c2=C(C(=C)c2cc3c(cc2-c2cc4ccccc4o2)oc2ccccc23)/C=C/CCC=C1. The van der Waals surface area contributed by atoms with Crippen molar-refractivity contribution >= 4 is 60.8 Å². The molecule has 5 aromatic carbocycles. The Morgan fingerprint density at radius 1 is 0.500 bits per heavy atom. The van der Waals surface area contributed by atoms with E-state index in [-0.39, 0.29) is 0 Å². The Hall–Kier alpha value is -6.64. The third-order valence-corrected chi connectivity index (χ3v) is 10.7. The van der Waals surface area contributed by atoms with Crippen molar-refractivity contribution in [1.29, 1.82) is 0 Å². The Balaban J connectivity index is 1.28. The van der Waals surface area contributed by atoms with Gasteiger partial charge in [0.15, 0.2) is 0 Å². The summed E-state index contributed by atoms with van der Waals surface area (Å²) >= 11 is 0. The predicted molar refractivity (Wildman–Crippen MR) is 229 cm³/mol. The maximum Gasteiger partial charge on any atom is 0.136 e. The Kier molecular flexibility index (Phi) is 8.65. The lowest BCUT2D eigenvalue weighted by Crippen LogP contribution is -2.29. The maximum atomic E-state index is 6.53. The molecule has 0 radical (unpaired) electrons. The van der Waals surface area contributed by atoms with E-state index in [1.807, 2.05) is 30.3 Å². The summed E-state index contributed by atoms with van der Waals surface area (Å²) in [6, 6.07) is 40.0. The van der Waals surface area contributed by atoms with Gasteiger partial charge in [-0.15, -0.1) is 0 Å². The van der Waals surface area contributed by atoms with Crippen LogP contribution in [0.15, 0.2) is 192 Å². The molecule has 0 fully saturated rings. The van der Waals surface area contributed by atoms with Gasteiger partial charge in [-0.25, -0.2) is 0 Å². The lowest BCUT2D eigenvalue weighted by atomic mass is 9.85. The van der Waals surface area contributed by atoms with Crippen molar-refractivity contribution in [1.82, 2.24) is 0 Å². The van der Waals surface area contributed by atoms with Crippen molar-refractivity contribution in [2.24, 2.45) is 0 Å². The largest absolute Gasteiger partial charge is 0.456 e. The minimum absolute atomic E-state index is 0.774. The van der Waals surface area contributed by atoms with Gasteiger partial charge in [0.05, 0.1) is 0 Å². The van der Waals surface area contributed by atoms with E-state index in [1.54, 1.807) is 0 Å². The second-order valence-corrected chi connectivity index (χ2v) is 14.0. The van der Waals surface area contributed by atoms with Crippen LogP contribution < -0.4 is 10.4 Å². The molecule has 0 unspecified atom stereocenters. The molecule has 0 saturated carbocycles. The first kappa shape index (κ1) is 33.2. The monoisotopic (exact) mass is 696 g/mol. The van der Waals surface area contributed by atoms with Crippen molar-refractivity contribution in [2.45, 2.75) is 25.7 Å². The fraction of sp³-hybridized carbons (Fsp3) is 0.0769. The Bertz CT molecular complexity index is 2890. The Morgan fingerprint density at radius 3 is 1.83 bits per heavy atom. The van der Waals surface area contributed by atoms with Crippen LogP contribution in [0.3, 0.4) is 0 Å². The van der Waals surface area contributed by atoms with Crippen LogP contribution in [0, 0.1) is 0 Å². The van der Waals surface area contributed by atoms with Crippen molar-refractivity contribution in [2.75, 3.05) is 0 Å². The maximum absolute atomic E-state index is 6.53. The average molecular weight is 697 g/mol. The number of hydrogen-bond acceptors (Lipinski definition) is 2. The molecule has 0 bridgehead atoms. The van der Waals surface area contributed by atoms with Crippen LogP contribution in [0.1, 0.15) is 42.4 Å². The van der Waals surface area contributed by atoms with Crippen LogP contribution in [0.5, 0.6) is 0 Å². The predicted octanol–water partition coefficient (Wildman–Crippen LogP) is 12.9. The van der Waals surface area contributed by atoms with Crippen molar-refractivity contribution < 1.29 is 8.83 Å². The topological polar surface area (TPSA) is 26.3 Å². The van der Waals surface area contributed by atoms with Crippen molar-refractivity contribution in [3.8, 4) is 11.3 Å². The summed E-state index contributed by atoms with van der Waals surface area (Å²) in [6.07, 6.45) is 19.4. The van der Waals surface area contributed by atoms with E-state index in [0.717, 1.165) is 125 Å².